The van der Waals surface area contributed by atoms with E-state index in [0.717, 1.165) is 0 Å². The summed E-state index contributed by atoms with van der Waals surface area (Å²) >= 11 is 0. The first-order chi connectivity index (χ1) is 19.5. The molecule has 0 saturated carbocycles. The second-order valence-electron chi connectivity index (χ2n) is 10.2. The van der Waals surface area contributed by atoms with Crippen molar-refractivity contribution in [1.29, 1.82) is 0 Å². The highest BCUT2D eigenvalue weighted by molar-refractivity contribution is 5.98. The zero-order valence-corrected chi connectivity index (χ0v) is 23.8. The van der Waals surface area contributed by atoms with Crippen molar-refractivity contribution in [2.75, 3.05) is 72.0 Å². The van der Waals surface area contributed by atoms with Crippen LogP contribution in [-0.4, -0.2) is 135 Å². The molecule has 230 valence electrons. The van der Waals surface area contributed by atoms with E-state index in [1.54, 1.807) is 6.92 Å². The van der Waals surface area contributed by atoms with Crippen LogP contribution in [0.1, 0.15) is 33.1 Å². The van der Waals surface area contributed by atoms with E-state index in [-0.39, 0.29) is 71.1 Å². The van der Waals surface area contributed by atoms with Crippen LogP contribution in [0, 0.1) is 0 Å². The van der Waals surface area contributed by atoms with E-state index in [4.69, 9.17) is 0 Å². The first-order valence-corrected chi connectivity index (χ1v) is 13.8. The maximum Gasteiger partial charge on any atom is 0.229 e. The Balaban J connectivity index is 2.33. The minimum atomic E-state index is -0.596. The largest absolute Gasteiger partial charge is 0.354 e. The second kappa shape index (κ2) is 17.8. The molecule has 7 amide bonds. The van der Waals surface area contributed by atoms with Gasteiger partial charge in [0, 0.05) is 85.0 Å². The number of amides is 7. The van der Waals surface area contributed by atoms with Gasteiger partial charge >= 0.3 is 0 Å². The maximum atomic E-state index is 12.7. The Kier molecular flexibility index (Phi) is 14.5. The van der Waals surface area contributed by atoms with Crippen molar-refractivity contribution in [3.8, 4) is 0 Å². The molecule has 3 aliphatic rings. The number of carbonyl (C=O) groups is 7. The van der Waals surface area contributed by atoms with E-state index in [9.17, 15) is 33.6 Å². The molecule has 3 saturated heterocycles. The summed E-state index contributed by atoms with van der Waals surface area (Å²) < 4.78 is 0. The molecule has 4 atom stereocenters. The molecular weight excluding hydrogens is 538 g/mol. The summed E-state index contributed by atoms with van der Waals surface area (Å²) in [5.74, 6) is -3.04. The number of carbonyl (C=O) groups excluding carboxylic acids is 7. The van der Waals surface area contributed by atoms with Crippen molar-refractivity contribution in [2.24, 2.45) is 0 Å². The van der Waals surface area contributed by atoms with Crippen molar-refractivity contribution in [3.63, 3.8) is 0 Å². The van der Waals surface area contributed by atoms with Gasteiger partial charge in [0.2, 0.25) is 41.4 Å². The van der Waals surface area contributed by atoms with Crippen LogP contribution in [-0.2, 0) is 33.6 Å². The van der Waals surface area contributed by atoms with Crippen molar-refractivity contribution in [2.45, 2.75) is 45.2 Å². The van der Waals surface area contributed by atoms with E-state index in [0.29, 0.717) is 19.6 Å². The molecule has 3 fully saturated rings. The van der Waals surface area contributed by atoms with Gasteiger partial charge in [-0.3, -0.25) is 43.4 Å². The Labute approximate surface area is 239 Å². The normalized spacial score (nSPS) is 27.2. The first-order valence-electron chi connectivity index (χ1n) is 13.8. The molecule has 41 heavy (non-hydrogen) atoms. The van der Waals surface area contributed by atoms with Gasteiger partial charge in [0.25, 0.3) is 0 Å². The zero-order chi connectivity index (χ0) is 30.2. The number of hydrogen-bond acceptors (Lipinski definition) is 9. The highest BCUT2D eigenvalue weighted by Crippen LogP contribution is 1.99. The number of nitrogens with one attached hydrogen (secondary N) is 7. The molecule has 0 aromatic carbocycles. The van der Waals surface area contributed by atoms with E-state index in [1.807, 2.05) is 9.80 Å². The van der Waals surface area contributed by atoms with Crippen molar-refractivity contribution in [1.82, 2.24) is 47.0 Å². The fourth-order valence-electron chi connectivity index (χ4n) is 4.47. The molecule has 0 radical (unpaired) electrons. The molecular formula is C25H43N9O7. The molecule has 16 nitrogen and oxygen atoms in total. The summed E-state index contributed by atoms with van der Waals surface area (Å²) in [4.78, 5) is 90.0. The Hall–Kier alpha value is -3.79. The standard InChI is InChI=1S/C25H43N9O7/c1-17-15-34-10-6-29-21(37)11-20(36)26-3-7-33(8-4-27-22(38)12-24(40)31-17)9-5-28-23(39)13-25(41)32-19(16-34)14-30-18(2)35/h17,19H,3-16H2,1-2H3,(H,26,36)(H,27,38)(H,28,39)(H,29,37)(H,30,35)(H,31,40)(H,32,41). The van der Waals surface area contributed by atoms with Gasteiger partial charge in [-0.05, 0) is 6.92 Å². The van der Waals surface area contributed by atoms with Gasteiger partial charge in [-0.15, -0.1) is 0 Å². The molecule has 4 unspecified atom stereocenters. The Morgan fingerprint density at radius 3 is 1.54 bits per heavy atom. The van der Waals surface area contributed by atoms with Gasteiger partial charge in [0.15, 0.2) is 0 Å². The third kappa shape index (κ3) is 15.0. The topological polar surface area (TPSA) is 210 Å². The lowest BCUT2D eigenvalue weighted by Gasteiger charge is -2.31. The lowest BCUT2D eigenvalue weighted by atomic mass is 10.2. The van der Waals surface area contributed by atoms with Gasteiger partial charge in [-0.25, -0.2) is 0 Å². The molecule has 0 aromatic rings. The average molecular weight is 582 g/mol. The van der Waals surface area contributed by atoms with Crippen LogP contribution < -0.4 is 37.2 Å². The minimum absolute atomic E-state index is 0.0849. The molecule has 16 heteroatoms. The summed E-state index contributed by atoms with van der Waals surface area (Å²) in [5.41, 5.74) is 0. The number of nitrogens with zero attached hydrogens (tertiary/aromatic N) is 2. The molecule has 3 rings (SSSR count). The number of rotatable bonds is 2. The molecule has 0 aromatic heterocycles. The van der Waals surface area contributed by atoms with E-state index in [1.165, 1.54) is 6.92 Å². The fraction of sp³-hybridized carbons (Fsp3) is 0.720. The van der Waals surface area contributed by atoms with Crippen molar-refractivity contribution < 1.29 is 33.6 Å². The second-order valence-corrected chi connectivity index (χ2v) is 10.2. The average Bonchev–Trinajstić information content (AvgIpc) is 2.85. The van der Waals surface area contributed by atoms with Crippen LogP contribution in [0.15, 0.2) is 0 Å². The third-order valence-corrected chi connectivity index (χ3v) is 6.34. The van der Waals surface area contributed by atoms with Gasteiger partial charge in [-0.1, -0.05) is 0 Å². The highest BCUT2D eigenvalue weighted by atomic mass is 16.2. The van der Waals surface area contributed by atoms with Crippen LogP contribution >= 0.6 is 0 Å². The number of hydrogen-bond donors (Lipinski definition) is 7. The lowest BCUT2D eigenvalue weighted by Crippen LogP contribution is -2.54. The van der Waals surface area contributed by atoms with Crippen molar-refractivity contribution in [3.05, 3.63) is 0 Å². The summed E-state index contributed by atoms with van der Waals surface area (Å²) in [6, 6.07) is -1.01. The summed E-state index contributed by atoms with van der Waals surface area (Å²) in [7, 11) is 0. The zero-order valence-electron chi connectivity index (χ0n) is 23.8. The molecule has 3 aliphatic heterocycles. The SMILES string of the molecule is CC(=O)NCC1CN2CCNC(=O)CC(=O)NCCN(CCNC(=O)CC(=O)NC(C)C2)CCNC(=O)CC(=O)N1. The summed E-state index contributed by atoms with van der Waals surface area (Å²) in [5, 5.41) is 19.1. The van der Waals surface area contributed by atoms with Gasteiger partial charge in [0.05, 0.1) is 6.04 Å². The maximum absolute atomic E-state index is 12.7. The molecule has 0 aliphatic carbocycles. The molecule has 3 heterocycles. The predicted octanol–water partition coefficient (Wildman–Crippen LogP) is -4.62. The summed E-state index contributed by atoms with van der Waals surface area (Å²) in [6.07, 6.45) is -1.11. The van der Waals surface area contributed by atoms with E-state index in [2.05, 4.69) is 37.2 Å². The summed E-state index contributed by atoms with van der Waals surface area (Å²) in [6.45, 7) is 5.92. The van der Waals surface area contributed by atoms with Gasteiger partial charge in [0.1, 0.15) is 19.3 Å². The Bertz CT molecular complexity index is 962. The van der Waals surface area contributed by atoms with Gasteiger partial charge in [-0.2, -0.15) is 0 Å². The van der Waals surface area contributed by atoms with E-state index >= 15 is 0 Å². The van der Waals surface area contributed by atoms with Crippen LogP contribution in [0.2, 0.25) is 0 Å². The third-order valence-electron chi connectivity index (χ3n) is 6.34. The molecule has 2 bridgehead atoms. The van der Waals surface area contributed by atoms with Crippen LogP contribution in [0.5, 0.6) is 0 Å². The Morgan fingerprint density at radius 1 is 0.659 bits per heavy atom. The highest BCUT2D eigenvalue weighted by Gasteiger charge is 2.22. The van der Waals surface area contributed by atoms with Gasteiger partial charge < -0.3 is 37.2 Å². The minimum Gasteiger partial charge on any atom is -0.354 e. The fourth-order valence-corrected chi connectivity index (χ4v) is 4.47. The Morgan fingerprint density at radius 2 is 1.07 bits per heavy atom. The number of fused-ring (bicyclic) bond motifs is 24. The lowest BCUT2D eigenvalue weighted by molar-refractivity contribution is -0.131. The van der Waals surface area contributed by atoms with Crippen LogP contribution in [0.4, 0.5) is 0 Å². The van der Waals surface area contributed by atoms with Crippen LogP contribution in [0.25, 0.3) is 0 Å². The van der Waals surface area contributed by atoms with E-state index < -0.39 is 53.9 Å². The molecule has 0 spiro atoms. The predicted molar refractivity (Wildman–Crippen MR) is 147 cm³/mol. The monoisotopic (exact) mass is 581 g/mol. The van der Waals surface area contributed by atoms with Crippen LogP contribution in [0.3, 0.4) is 0 Å². The molecule has 7 N–H and O–H groups in total. The van der Waals surface area contributed by atoms with Crippen molar-refractivity contribution >= 4 is 41.4 Å². The first kappa shape index (κ1) is 33.4. The quantitative estimate of drug-likeness (QED) is 0.156. The smallest absolute Gasteiger partial charge is 0.229 e.